The lowest BCUT2D eigenvalue weighted by Gasteiger charge is -2.29. The summed E-state index contributed by atoms with van der Waals surface area (Å²) in [6.07, 6.45) is 2.40. The molecule has 6 heteroatoms. The minimum Gasteiger partial charge on any atom is -0.497 e. The normalized spacial score (nSPS) is 13.8. The van der Waals surface area contributed by atoms with Crippen LogP contribution in [0.25, 0.3) is 0 Å². The number of pyridine rings is 1. The molecule has 1 amide bonds. The molecular formula is C22H28N2O4. The lowest BCUT2D eigenvalue weighted by atomic mass is 9.99. The first-order valence-corrected chi connectivity index (χ1v) is 9.53. The van der Waals surface area contributed by atoms with E-state index in [1.807, 2.05) is 43.9 Å². The molecule has 2 heterocycles. The number of benzene rings is 1. The van der Waals surface area contributed by atoms with Crippen molar-refractivity contribution in [3.05, 3.63) is 53.2 Å². The van der Waals surface area contributed by atoms with Crippen molar-refractivity contribution in [2.45, 2.75) is 39.3 Å². The highest BCUT2D eigenvalue weighted by Gasteiger charge is 2.22. The number of carbonyl (C=O) groups is 1. The van der Waals surface area contributed by atoms with Gasteiger partial charge in [-0.3, -0.25) is 4.79 Å². The number of nitrogens with zero attached hydrogens (tertiary/aromatic N) is 2. The van der Waals surface area contributed by atoms with Crippen molar-refractivity contribution >= 4 is 5.91 Å². The number of fused-ring (bicyclic) bond motifs is 1. The van der Waals surface area contributed by atoms with Gasteiger partial charge >= 0.3 is 0 Å². The third kappa shape index (κ3) is 5.23. The van der Waals surface area contributed by atoms with Crippen LogP contribution in [0.15, 0.2) is 36.5 Å². The molecule has 0 radical (unpaired) electrons. The molecule has 1 aromatic carbocycles. The molecule has 1 aliphatic rings. The molecule has 0 aliphatic carbocycles. The summed E-state index contributed by atoms with van der Waals surface area (Å²) in [5.74, 6) is 1.33. The SMILES string of the molecule is COc1ccc2c(c1)CCN(C(=O)c1ccc(OCCOC(C)(C)C)nc1)C2. The molecule has 0 spiro atoms. The van der Waals surface area contributed by atoms with Crippen LogP contribution < -0.4 is 9.47 Å². The molecule has 0 saturated heterocycles. The highest BCUT2D eigenvalue weighted by molar-refractivity contribution is 5.94. The number of hydrogen-bond acceptors (Lipinski definition) is 5. The second-order valence-electron chi connectivity index (χ2n) is 7.81. The van der Waals surface area contributed by atoms with Crippen LogP contribution in [0.3, 0.4) is 0 Å². The Morgan fingerprint density at radius 3 is 2.64 bits per heavy atom. The molecule has 150 valence electrons. The quantitative estimate of drug-likeness (QED) is 0.714. The fourth-order valence-electron chi connectivity index (χ4n) is 3.10. The summed E-state index contributed by atoms with van der Waals surface area (Å²) in [6, 6.07) is 9.51. The van der Waals surface area contributed by atoms with Crippen molar-refractivity contribution in [3.8, 4) is 11.6 Å². The summed E-state index contributed by atoms with van der Waals surface area (Å²) < 4.78 is 16.5. The Bertz CT molecular complexity index is 812. The van der Waals surface area contributed by atoms with Gasteiger partial charge in [0, 0.05) is 25.4 Å². The second kappa shape index (κ2) is 8.61. The minimum atomic E-state index is -0.189. The molecular weight excluding hydrogens is 356 g/mol. The number of hydrogen-bond donors (Lipinski definition) is 0. The maximum Gasteiger partial charge on any atom is 0.255 e. The van der Waals surface area contributed by atoms with Crippen molar-refractivity contribution < 1.29 is 19.0 Å². The molecule has 1 aliphatic heterocycles. The second-order valence-corrected chi connectivity index (χ2v) is 7.81. The fraction of sp³-hybridized carbons (Fsp3) is 0.455. The first kappa shape index (κ1) is 20.1. The van der Waals surface area contributed by atoms with Crippen molar-refractivity contribution in [2.75, 3.05) is 26.9 Å². The van der Waals surface area contributed by atoms with E-state index in [1.165, 1.54) is 5.56 Å². The van der Waals surface area contributed by atoms with Gasteiger partial charge in [-0.1, -0.05) is 6.07 Å². The van der Waals surface area contributed by atoms with E-state index in [0.29, 0.717) is 37.7 Å². The van der Waals surface area contributed by atoms with Crippen LogP contribution in [0.4, 0.5) is 0 Å². The molecule has 1 aromatic heterocycles. The number of carbonyl (C=O) groups excluding carboxylic acids is 1. The van der Waals surface area contributed by atoms with Crippen LogP contribution in [0.5, 0.6) is 11.6 Å². The van der Waals surface area contributed by atoms with E-state index < -0.39 is 0 Å². The van der Waals surface area contributed by atoms with E-state index in [4.69, 9.17) is 14.2 Å². The average Bonchev–Trinajstić information content (AvgIpc) is 2.69. The van der Waals surface area contributed by atoms with Gasteiger partial charge in [-0.25, -0.2) is 4.98 Å². The van der Waals surface area contributed by atoms with Crippen LogP contribution in [0, 0.1) is 0 Å². The Kier molecular flexibility index (Phi) is 6.19. The van der Waals surface area contributed by atoms with Crippen LogP contribution in [-0.2, 0) is 17.7 Å². The molecule has 3 rings (SSSR count). The largest absolute Gasteiger partial charge is 0.497 e. The van der Waals surface area contributed by atoms with Gasteiger partial charge in [-0.2, -0.15) is 0 Å². The van der Waals surface area contributed by atoms with Gasteiger partial charge in [0.1, 0.15) is 12.4 Å². The monoisotopic (exact) mass is 384 g/mol. The number of ether oxygens (including phenoxy) is 3. The predicted octanol–water partition coefficient (Wildman–Crippen LogP) is 3.48. The maximum absolute atomic E-state index is 12.8. The van der Waals surface area contributed by atoms with Gasteiger partial charge in [0.15, 0.2) is 0 Å². The van der Waals surface area contributed by atoms with Gasteiger partial charge in [0.05, 0.1) is 24.9 Å². The Morgan fingerprint density at radius 2 is 1.96 bits per heavy atom. The minimum absolute atomic E-state index is 0.0171. The number of amides is 1. The van der Waals surface area contributed by atoms with Crippen molar-refractivity contribution in [1.29, 1.82) is 0 Å². The van der Waals surface area contributed by atoms with Gasteiger partial charge in [0.25, 0.3) is 5.91 Å². The van der Waals surface area contributed by atoms with E-state index in [0.717, 1.165) is 17.7 Å². The molecule has 0 bridgehead atoms. The summed E-state index contributed by atoms with van der Waals surface area (Å²) in [5.41, 5.74) is 2.77. The molecule has 0 atom stereocenters. The van der Waals surface area contributed by atoms with Crippen molar-refractivity contribution in [2.24, 2.45) is 0 Å². The summed E-state index contributed by atoms with van der Waals surface area (Å²) in [6.45, 7) is 8.19. The van der Waals surface area contributed by atoms with Crippen LogP contribution in [0.2, 0.25) is 0 Å². The zero-order valence-corrected chi connectivity index (χ0v) is 17.0. The smallest absolute Gasteiger partial charge is 0.255 e. The van der Waals surface area contributed by atoms with E-state index in [-0.39, 0.29) is 11.5 Å². The Balaban J connectivity index is 1.56. The Hall–Kier alpha value is -2.60. The van der Waals surface area contributed by atoms with E-state index in [2.05, 4.69) is 4.98 Å². The zero-order chi connectivity index (χ0) is 20.1. The van der Waals surface area contributed by atoms with Crippen molar-refractivity contribution in [3.63, 3.8) is 0 Å². The summed E-state index contributed by atoms with van der Waals surface area (Å²) >= 11 is 0. The van der Waals surface area contributed by atoms with Crippen LogP contribution in [0.1, 0.15) is 42.3 Å². The molecule has 0 N–H and O–H groups in total. The fourth-order valence-corrected chi connectivity index (χ4v) is 3.10. The summed E-state index contributed by atoms with van der Waals surface area (Å²) in [7, 11) is 1.67. The summed E-state index contributed by atoms with van der Waals surface area (Å²) in [5, 5.41) is 0. The lowest BCUT2D eigenvalue weighted by molar-refractivity contribution is -0.0168. The molecule has 28 heavy (non-hydrogen) atoms. The van der Waals surface area contributed by atoms with Gasteiger partial charge in [0.2, 0.25) is 5.88 Å². The van der Waals surface area contributed by atoms with Crippen molar-refractivity contribution in [1.82, 2.24) is 9.88 Å². The van der Waals surface area contributed by atoms with E-state index >= 15 is 0 Å². The standard InChI is InChI=1S/C22H28N2O4/c1-22(2,3)28-12-11-27-20-8-6-17(14-23-20)21(25)24-10-9-16-13-19(26-4)7-5-18(16)15-24/h5-8,13-14H,9-12,15H2,1-4H3. The van der Waals surface area contributed by atoms with Crippen LogP contribution in [-0.4, -0.2) is 48.3 Å². The van der Waals surface area contributed by atoms with E-state index in [1.54, 1.807) is 25.4 Å². The number of methoxy groups -OCH3 is 1. The van der Waals surface area contributed by atoms with Gasteiger partial charge in [-0.15, -0.1) is 0 Å². The third-order valence-corrected chi connectivity index (χ3v) is 4.56. The zero-order valence-electron chi connectivity index (χ0n) is 17.0. The maximum atomic E-state index is 12.8. The third-order valence-electron chi connectivity index (χ3n) is 4.56. The lowest BCUT2D eigenvalue weighted by Crippen LogP contribution is -2.36. The molecule has 6 nitrogen and oxygen atoms in total. The number of rotatable bonds is 6. The molecule has 0 fully saturated rings. The van der Waals surface area contributed by atoms with Crippen LogP contribution >= 0.6 is 0 Å². The Morgan fingerprint density at radius 1 is 1.14 bits per heavy atom. The first-order valence-electron chi connectivity index (χ1n) is 9.53. The van der Waals surface area contributed by atoms with Gasteiger partial charge in [-0.05, 0) is 56.5 Å². The molecule has 0 unspecified atom stereocenters. The molecule has 0 saturated carbocycles. The first-order chi connectivity index (χ1) is 13.4. The Labute approximate surface area is 166 Å². The highest BCUT2D eigenvalue weighted by atomic mass is 16.5. The highest BCUT2D eigenvalue weighted by Crippen LogP contribution is 2.24. The van der Waals surface area contributed by atoms with Gasteiger partial charge < -0.3 is 19.1 Å². The average molecular weight is 384 g/mol. The summed E-state index contributed by atoms with van der Waals surface area (Å²) in [4.78, 5) is 18.9. The predicted molar refractivity (Wildman–Crippen MR) is 107 cm³/mol. The topological polar surface area (TPSA) is 60.9 Å². The number of aromatic nitrogens is 1. The van der Waals surface area contributed by atoms with E-state index in [9.17, 15) is 4.79 Å². The molecule has 2 aromatic rings.